The normalized spacial score (nSPS) is 27.3. The Morgan fingerprint density at radius 3 is 1.38 bits per heavy atom. The highest BCUT2D eigenvalue weighted by Crippen LogP contribution is 2.60. The molecule has 598 valence electrons. The number of esters is 2. The SMILES string of the molecule is CC[C@@H]1C[C@]1(CC(=O)[C@@H]1C[C@@H](Oc2cc(-c3csc(NC(C)C)n3)nc3cc(OC)ccc23)CN1C(=O)[C@@H](CC(=O)OC1C[C@@H]2C[C@@H]2C1)C(C)(C)C)C(=O)O.CC[C@@H]1C[C@]1(CC(=O)[C@@H]1C[C@@H](Oc2cc(-c3nc(NC(C)C)sc3Cl)nc3cc(OC)ccc23)CN1C(=O)[C@@H](CC(=O)OC1C[C@@H]2C[C@@H]2C1)C(C)(C)C)C(=O)O. The molecule has 27 heteroatoms. The molecule has 0 spiro atoms. The van der Waals surface area contributed by atoms with Crippen LogP contribution in [0.5, 0.6) is 23.0 Å². The standard InChI is InChI=1S/C42H53ClN4O8S.C42H54N4O8S/c1-8-24-18-42(24,39(51)52)19-33(48)32-15-27(20-47(32)38(50)29(41(4,5)6)16-35(49)55-26-12-22-11-23(22)13-26)54-34-17-31(36-37(43)56-40(46-36)44-21(2)3)45-30-14-25(53-7)9-10-28(30)34;1-8-25-18-42(25,39(50)51)19-35(47)34-15-28(20-46(34)38(49)30(41(4,5)6)16-37(48)54-27-12-23-11-24(23)13-27)53-36-17-32(33-21-55-40(45-33)43-22(2)3)44-31-14-26(52-7)9-10-29(31)36/h9-10,14,17,21-24,26-27,29,32H,8,11-13,15-16,18-20H2,1-7H3,(H,44,46)(H,51,52);9-10,14,17,21-25,27-28,30,34H,8,11-13,15-16,18-20H2,1-7H3,(H,43,45)(H,50,51)/t22-,23+,24-,26?,27-,29-,32+,42-;23-,24+,25-,27?,28-,30-,34+,42-/m11/s1. The number of carbonyl (C=O) groups excluding carboxylic acids is 6. The zero-order valence-electron chi connectivity index (χ0n) is 66.1. The number of carboxylic acids is 2. The quantitative estimate of drug-likeness (QED) is 0.0304. The maximum atomic E-state index is 14.8. The second kappa shape index (κ2) is 32.0. The van der Waals surface area contributed by atoms with Crippen LogP contribution in [0.2, 0.25) is 4.34 Å². The van der Waals surface area contributed by atoms with Gasteiger partial charge in [0.05, 0.1) is 97.3 Å². The maximum Gasteiger partial charge on any atom is 0.310 e. The van der Waals surface area contributed by atoms with E-state index in [9.17, 15) is 48.6 Å². The van der Waals surface area contributed by atoms with Crippen LogP contribution in [-0.2, 0) is 47.8 Å². The number of nitrogens with one attached hydrogen (secondary N) is 2. The van der Waals surface area contributed by atoms with E-state index in [1.165, 1.54) is 40.4 Å². The van der Waals surface area contributed by atoms with Gasteiger partial charge in [-0.15, -0.1) is 11.3 Å². The van der Waals surface area contributed by atoms with Crippen LogP contribution in [-0.4, -0.2) is 163 Å². The number of Topliss-reactive ketones (excluding diaryl/α,β-unsaturated/α-hetero) is 2. The summed E-state index contributed by atoms with van der Waals surface area (Å²) >= 11 is 9.51. The van der Waals surface area contributed by atoms with Crippen molar-refractivity contribution in [2.45, 2.75) is 234 Å². The van der Waals surface area contributed by atoms with Crippen LogP contribution in [0.15, 0.2) is 53.9 Å². The van der Waals surface area contributed by atoms with Crippen molar-refractivity contribution >= 4 is 114 Å². The smallest absolute Gasteiger partial charge is 0.310 e. The van der Waals surface area contributed by atoms with E-state index in [0.717, 1.165) is 36.2 Å². The van der Waals surface area contributed by atoms with Crippen molar-refractivity contribution < 1.29 is 77.0 Å². The van der Waals surface area contributed by atoms with Crippen molar-refractivity contribution in [2.75, 3.05) is 37.9 Å². The van der Waals surface area contributed by atoms with Gasteiger partial charge in [-0.05, 0) is 150 Å². The molecule has 16 atom stereocenters. The number of likely N-dealkylation sites (tertiary alicyclic amines) is 2. The number of aliphatic carboxylic acids is 2. The molecule has 4 aromatic heterocycles. The van der Waals surface area contributed by atoms with Crippen LogP contribution in [0.25, 0.3) is 44.6 Å². The number of fused-ring (bicyclic) bond motifs is 4. The number of ether oxygens (including phenoxy) is 6. The van der Waals surface area contributed by atoms with Crippen molar-refractivity contribution in [3.8, 4) is 45.8 Å². The number of carboxylic acid groups (broad SMARTS) is 2. The first kappa shape index (κ1) is 80.8. The second-order valence-electron chi connectivity index (χ2n) is 35.3. The fourth-order valence-corrected chi connectivity index (χ4v) is 19.8. The Hall–Kier alpha value is -8.23. The molecule has 2 saturated heterocycles. The van der Waals surface area contributed by atoms with Crippen molar-refractivity contribution in [3.63, 3.8) is 0 Å². The summed E-state index contributed by atoms with van der Waals surface area (Å²) in [7, 11) is 3.17. The molecule has 2 amide bonds. The highest BCUT2D eigenvalue weighted by Gasteiger charge is 2.63. The van der Waals surface area contributed by atoms with Gasteiger partial charge in [-0.1, -0.05) is 91.2 Å². The van der Waals surface area contributed by atoms with Crippen LogP contribution in [0.3, 0.4) is 0 Å². The Labute approximate surface area is 661 Å². The van der Waals surface area contributed by atoms with E-state index in [1.807, 2.05) is 119 Å². The highest BCUT2D eigenvalue weighted by molar-refractivity contribution is 7.20. The molecule has 2 unspecified atom stereocenters. The van der Waals surface area contributed by atoms with Gasteiger partial charge < -0.3 is 59.1 Å². The largest absolute Gasteiger partial charge is 0.497 e. The molecular weight excluding hydrogens is 1480 g/mol. The molecule has 14 rings (SSSR count). The Kier molecular flexibility index (Phi) is 23.3. The van der Waals surface area contributed by atoms with Gasteiger partial charge in [-0.25, -0.2) is 19.9 Å². The lowest BCUT2D eigenvalue weighted by Crippen LogP contribution is -2.48. The number of hydrogen-bond acceptors (Lipinski definition) is 22. The molecule has 8 aliphatic rings. The molecule has 6 aromatic rings. The number of pyridine rings is 2. The van der Waals surface area contributed by atoms with E-state index in [-0.39, 0.29) is 111 Å². The van der Waals surface area contributed by atoms with E-state index < -0.39 is 81.7 Å². The Balaban J connectivity index is 0.000000195. The molecule has 0 bridgehead atoms. The number of amides is 2. The fourth-order valence-electron chi connectivity index (χ4n) is 17.8. The molecule has 8 fully saturated rings. The van der Waals surface area contributed by atoms with Crippen LogP contribution in [0.4, 0.5) is 10.3 Å². The summed E-state index contributed by atoms with van der Waals surface area (Å²) in [6.07, 6.45) is 6.40. The van der Waals surface area contributed by atoms with E-state index in [1.54, 1.807) is 37.3 Å². The third-order valence-corrected chi connectivity index (χ3v) is 26.5. The lowest BCUT2D eigenvalue weighted by molar-refractivity contribution is -0.157. The zero-order chi connectivity index (χ0) is 79.7. The first-order valence-corrected chi connectivity index (χ1v) is 41.6. The monoisotopic (exact) mass is 1580 g/mol. The predicted octanol–water partition coefficient (Wildman–Crippen LogP) is 15.4. The zero-order valence-corrected chi connectivity index (χ0v) is 68.5. The van der Waals surface area contributed by atoms with Gasteiger partial charge in [0.15, 0.2) is 21.8 Å². The number of anilines is 2. The van der Waals surface area contributed by atoms with Gasteiger partial charge in [0, 0.05) is 78.2 Å². The molecule has 6 heterocycles. The van der Waals surface area contributed by atoms with Crippen LogP contribution >= 0.6 is 34.3 Å². The molecule has 4 N–H and O–H groups in total. The number of methoxy groups -OCH3 is 2. The van der Waals surface area contributed by atoms with Crippen molar-refractivity contribution in [1.29, 1.82) is 0 Å². The van der Waals surface area contributed by atoms with Crippen LogP contribution < -0.4 is 29.6 Å². The summed E-state index contributed by atoms with van der Waals surface area (Å²) in [4.78, 5) is 132. The maximum absolute atomic E-state index is 14.8. The Morgan fingerprint density at radius 2 is 0.982 bits per heavy atom. The minimum Gasteiger partial charge on any atom is -0.497 e. The number of rotatable bonds is 30. The average Bonchev–Trinajstić information content (AvgIpc) is 1.58. The minimum atomic E-state index is -1.14. The van der Waals surface area contributed by atoms with E-state index in [0.29, 0.717) is 121 Å². The van der Waals surface area contributed by atoms with Crippen molar-refractivity contribution in [1.82, 2.24) is 29.7 Å². The van der Waals surface area contributed by atoms with Crippen LogP contribution in [0.1, 0.15) is 186 Å². The number of carbonyl (C=O) groups is 8. The summed E-state index contributed by atoms with van der Waals surface area (Å²) in [5, 5.41) is 31.8. The number of aromatic nitrogens is 4. The fraction of sp³-hybridized carbons (Fsp3) is 0.619. The molecule has 2 aromatic carbocycles. The van der Waals surface area contributed by atoms with Crippen molar-refractivity contribution in [2.24, 2.45) is 69.0 Å². The highest BCUT2D eigenvalue weighted by atomic mass is 35.5. The van der Waals surface area contributed by atoms with E-state index in [2.05, 4.69) is 10.6 Å². The number of hydrogen-bond donors (Lipinski definition) is 4. The first-order chi connectivity index (χ1) is 52.6. The average molecular weight is 1580 g/mol. The van der Waals surface area contributed by atoms with Gasteiger partial charge in [0.25, 0.3) is 0 Å². The number of benzene rings is 2. The van der Waals surface area contributed by atoms with Crippen LogP contribution in [0, 0.1) is 69.0 Å². The Bertz CT molecular complexity index is 4550. The molecule has 0 radical (unpaired) electrons. The Morgan fingerprint density at radius 1 is 0.559 bits per heavy atom. The number of ketones is 2. The van der Waals surface area contributed by atoms with Gasteiger partial charge in [0.2, 0.25) is 11.8 Å². The van der Waals surface area contributed by atoms with E-state index >= 15 is 0 Å². The molecule has 6 aliphatic carbocycles. The number of nitrogens with zero attached hydrogens (tertiary/aromatic N) is 6. The minimum absolute atomic E-state index is 0.0648. The van der Waals surface area contributed by atoms with Crippen molar-refractivity contribution in [3.05, 3.63) is 58.2 Å². The summed E-state index contributed by atoms with van der Waals surface area (Å²) in [5.74, 6) is -1.01. The summed E-state index contributed by atoms with van der Waals surface area (Å²) < 4.78 is 36.8. The number of thiazole rings is 2. The molecule has 111 heavy (non-hydrogen) atoms. The van der Waals surface area contributed by atoms with Gasteiger partial charge in [-0.3, -0.25) is 38.4 Å². The topological polar surface area (TPSA) is 315 Å². The molecule has 6 saturated carbocycles. The second-order valence-corrected chi connectivity index (χ2v) is 37.7. The number of halogens is 1. The molecule has 24 nitrogen and oxygen atoms in total. The van der Waals surface area contributed by atoms with E-state index in [4.69, 9.17) is 60.0 Å². The first-order valence-electron chi connectivity index (χ1n) is 39.6. The summed E-state index contributed by atoms with van der Waals surface area (Å²) in [5.41, 5.74) is -0.104. The summed E-state index contributed by atoms with van der Waals surface area (Å²) in [6, 6.07) is 13.1. The molecular formula is C84H107ClN8O16S2. The third-order valence-electron chi connectivity index (χ3n) is 24.5. The van der Waals surface area contributed by atoms with Gasteiger partial charge in [-0.2, -0.15) is 0 Å². The third kappa shape index (κ3) is 17.8. The van der Waals surface area contributed by atoms with Gasteiger partial charge in [0.1, 0.15) is 63.1 Å². The summed E-state index contributed by atoms with van der Waals surface area (Å²) in [6.45, 7) is 23.6. The molecule has 2 aliphatic heterocycles. The van der Waals surface area contributed by atoms with Gasteiger partial charge >= 0.3 is 23.9 Å². The lowest BCUT2D eigenvalue weighted by atomic mass is 9.77. The lowest BCUT2D eigenvalue weighted by Gasteiger charge is -2.35. The predicted molar refractivity (Wildman–Crippen MR) is 423 cm³/mol.